The molecule has 3 rings (SSSR count). The fraction of sp³-hybridized carbons (Fsp3) is 0.286. The molecular weight excluding hydrogens is 394 g/mol. The van der Waals surface area contributed by atoms with E-state index < -0.39 is 5.25 Å². The Morgan fingerprint density at radius 2 is 1.82 bits per heavy atom. The van der Waals surface area contributed by atoms with Gasteiger partial charge in [-0.2, -0.15) is 0 Å². The van der Waals surface area contributed by atoms with Crippen LogP contribution in [0, 0.1) is 0 Å². The molecule has 0 unspecified atom stereocenters. The van der Waals surface area contributed by atoms with Crippen LogP contribution in [-0.4, -0.2) is 28.8 Å². The van der Waals surface area contributed by atoms with Crippen LogP contribution in [0.2, 0.25) is 5.02 Å². The average molecular weight is 416 g/mol. The number of rotatable bonds is 5. The van der Waals surface area contributed by atoms with Gasteiger partial charge in [-0.25, -0.2) is 0 Å². The number of benzene rings is 2. The number of nitrogens with zero attached hydrogens (tertiary/aromatic N) is 2. The maximum atomic E-state index is 12.8. The van der Waals surface area contributed by atoms with Crippen LogP contribution >= 0.6 is 23.4 Å². The van der Waals surface area contributed by atoms with Gasteiger partial charge in [-0.1, -0.05) is 67.5 Å². The van der Waals surface area contributed by atoms with Crippen molar-refractivity contribution in [3.8, 4) is 0 Å². The summed E-state index contributed by atoms with van der Waals surface area (Å²) in [7, 11) is 0. The van der Waals surface area contributed by atoms with Crippen LogP contribution in [0.1, 0.15) is 32.3 Å². The first-order valence-corrected chi connectivity index (χ1v) is 10.3. The van der Waals surface area contributed by atoms with Gasteiger partial charge in [0.25, 0.3) is 5.91 Å². The van der Waals surface area contributed by atoms with Crippen molar-refractivity contribution in [1.82, 2.24) is 0 Å². The Bertz CT molecular complexity index is 929. The molecular formula is C21H22ClN3O2S. The van der Waals surface area contributed by atoms with Gasteiger partial charge in [-0.15, -0.1) is 0 Å². The molecule has 146 valence electrons. The number of nitrogens with one attached hydrogen (secondary N) is 1. The summed E-state index contributed by atoms with van der Waals surface area (Å²) < 4.78 is 0. The Balaban J connectivity index is 1.73. The number of amides is 2. The van der Waals surface area contributed by atoms with Crippen molar-refractivity contribution in [1.29, 1.82) is 0 Å². The molecule has 0 fully saturated rings. The minimum atomic E-state index is -0.435. The van der Waals surface area contributed by atoms with E-state index in [1.165, 1.54) is 16.7 Å². The van der Waals surface area contributed by atoms with Crippen molar-refractivity contribution in [3.05, 3.63) is 59.1 Å². The van der Waals surface area contributed by atoms with Gasteiger partial charge < -0.3 is 5.32 Å². The highest BCUT2D eigenvalue weighted by Crippen LogP contribution is 2.32. The molecule has 0 bridgehead atoms. The lowest BCUT2D eigenvalue weighted by Crippen LogP contribution is -2.33. The van der Waals surface area contributed by atoms with E-state index in [1.54, 1.807) is 25.1 Å². The van der Waals surface area contributed by atoms with Gasteiger partial charge in [0.1, 0.15) is 6.54 Å². The molecule has 0 aromatic heterocycles. The van der Waals surface area contributed by atoms with E-state index in [0.717, 1.165) is 11.3 Å². The molecule has 5 nitrogen and oxygen atoms in total. The predicted octanol–water partition coefficient (Wildman–Crippen LogP) is 4.93. The molecule has 2 aromatic rings. The molecule has 1 N–H and O–H groups in total. The molecule has 0 saturated heterocycles. The van der Waals surface area contributed by atoms with E-state index in [1.807, 2.05) is 30.3 Å². The number of hydrogen-bond acceptors (Lipinski definition) is 4. The highest BCUT2D eigenvalue weighted by molar-refractivity contribution is 8.15. The number of para-hydroxylation sites is 2. The standard InChI is InChI=1S/C21H22ClN3O2S/c1-13(2)15-8-4-6-10-17(15)24-20(27)14(3)28-21-23-12-19(26)25(21)18-11-7-5-9-16(18)22/h4-11,13-14H,12H2,1-3H3,(H,24,27)/t14-/m0/s1. The minimum absolute atomic E-state index is 0.0536. The number of carbonyl (C=O) groups is 2. The number of anilines is 2. The minimum Gasteiger partial charge on any atom is -0.325 e. The molecule has 1 aliphatic heterocycles. The number of carbonyl (C=O) groups excluding carboxylic acids is 2. The van der Waals surface area contributed by atoms with Crippen molar-refractivity contribution in [3.63, 3.8) is 0 Å². The van der Waals surface area contributed by atoms with Gasteiger partial charge in [-0.3, -0.25) is 19.5 Å². The average Bonchev–Trinajstić information content (AvgIpc) is 3.02. The summed E-state index contributed by atoms with van der Waals surface area (Å²) in [5, 5.41) is 3.51. The largest absolute Gasteiger partial charge is 0.325 e. The van der Waals surface area contributed by atoms with Crippen LogP contribution in [-0.2, 0) is 9.59 Å². The van der Waals surface area contributed by atoms with Crippen LogP contribution in [0.25, 0.3) is 0 Å². The van der Waals surface area contributed by atoms with Gasteiger partial charge in [-0.05, 0) is 36.6 Å². The SMILES string of the molecule is CC(C)c1ccccc1NC(=O)[C@H](C)SC1=NCC(=O)N1c1ccccc1Cl. The van der Waals surface area contributed by atoms with Gasteiger partial charge in [0, 0.05) is 5.69 Å². The number of halogens is 1. The van der Waals surface area contributed by atoms with E-state index in [0.29, 0.717) is 21.8 Å². The Morgan fingerprint density at radius 1 is 1.14 bits per heavy atom. The zero-order valence-electron chi connectivity index (χ0n) is 16.0. The molecule has 0 spiro atoms. The Kier molecular flexibility index (Phi) is 6.42. The lowest BCUT2D eigenvalue weighted by Gasteiger charge is -2.21. The summed E-state index contributed by atoms with van der Waals surface area (Å²) in [5.41, 5.74) is 2.47. The van der Waals surface area contributed by atoms with E-state index >= 15 is 0 Å². The number of amidine groups is 1. The molecule has 2 amide bonds. The van der Waals surface area contributed by atoms with E-state index in [-0.39, 0.29) is 18.4 Å². The van der Waals surface area contributed by atoms with Crippen molar-refractivity contribution in [2.75, 3.05) is 16.8 Å². The maximum Gasteiger partial charge on any atom is 0.254 e. The van der Waals surface area contributed by atoms with Crippen LogP contribution in [0.4, 0.5) is 11.4 Å². The summed E-state index contributed by atoms with van der Waals surface area (Å²) in [6, 6.07) is 14.9. The fourth-order valence-electron chi connectivity index (χ4n) is 2.90. The number of aliphatic imine (C=N–C) groups is 1. The second-order valence-corrected chi connectivity index (χ2v) is 8.49. The normalized spacial score (nSPS) is 15.0. The maximum absolute atomic E-state index is 12.8. The molecule has 0 radical (unpaired) electrons. The Morgan fingerprint density at radius 3 is 2.54 bits per heavy atom. The monoisotopic (exact) mass is 415 g/mol. The first-order chi connectivity index (χ1) is 13.4. The van der Waals surface area contributed by atoms with E-state index in [9.17, 15) is 9.59 Å². The summed E-state index contributed by atoms with van der Waals surface area (Å²) >= 11 is 7.50. The van der Waals surface area contributed by atoms with Gasteiger partial charge in [0.2, 0.25) is 5.91 Å². The van der Waals surface area contributed by atoms with Crippen LogP contribution in [0.5, 0.6) is 0 Å². The van der Waals surface area contributed by atoms with Crippen LogP contribution in [0.3, 0.4) is 0 Å². The summed E-state index contributed by atoms with van der Waals surface area (Å²) in [6.45, 7) is 6.03. The van der Waals surface area contributed by atoms with Gasteiger partial charge >= 0.3 is 0 Å². The number of thioether (sulfide) groups is 1. The molecule has 0 saturated carbocycles. The first kappa shape index (κ1) is 20.4. The second kappa shape index (κ2) is 8.80. The number of hydrogen-bond donors (Lipinski definition) is 1. The van der Waals surface area contributed by atoms with Crippen molar-refractivity contribution >= 4 is 51.7 Å². The van der Waals surface area contributed by atoms with Crippen LogP contribution in [0.15, 0.2) is 53.5 Å². The molecule has 28 heavy (non-hydrogen) atoms. The fourth-order valence-corrected chi connectivity index (χ4v) is 4.05. The zero-order chi connectivity index (χ0) is 20.3. The summed E-state index contributed by atoms with van der Waals surface area (Å²) in [5.74, 6) is -0.000351. The van der Waals surface area contributed by atoms with E-state index in [4.69, 9.17) is 11.6 Å². The third-order valence-electron chi connectivity index (χ3n) is 4.38. The zero-order valence-corrected chi connectivity index (χ0v) is 17.6. The molecule has 1 atom stereocenters. The quantitative estimate of drug-likeness (QED) is 0.753. The van der Waals surface area contributed by atoms with Crippen molar-refractivity contribution in [2.24, 2.45) is 4.99 Å². The highest BCUT2D eigenvalue weighted by atomic mass is 35.5. The third kappa shape index (κ3) is 4.39. The van der Waals surface area contributed by atoms with Crippen LogP contribution < -0.4 is 10.2 Å². The smallest absolute Gasteiger partial charge is 0.254 e. The second-order valence-electron chi connectivity index (χ2n) is 6.77. The Labute approximate surface area is 174 Å². The lowest BCUT2D eigenvalue weighted by molar-refractivity contribution is -0.116. The topological polar surface area (TPSA) is 61.8 Å². The lowest BCUT2D eigenvalue weighted by atomic mass is 10.0. The molecule has 0 aliphatic carbocycles. The first-order valence-electron chi connectivity index (χ1n) is 9.07. The predicted molar refractivity (Wildman–Crippen MR) is 117 cm³/mol. The van der Waals surface area contributed by atoms with Crippen molar-refractivity contribution in [2.45, 2.75) is 31.9 Å². The third-order valence-corrected chi connectivity index (χ3v) is 5.79. The summed E-state index contributed by atoms with van der Waals surface area (Å²) in [4.78, 5) is 30.9. The summed E-state index contributed by atoms with van der Waals surface area (Å²) in [6.07, 6.45) is 0. The molecule has 2 aromatic carbocycles. The molecule has 1 aliphatic rings. The van der Waals surface area contributed by atoms with Gasteiger partial charge in [0.05, 0.1) is 16.0 Å². The van der Waals surface area contributed by atoms with E-state index in [2.05, 4.69) is 24.2 Å². The highest BCUT2D eigenvalue weighted by Gasteiger charge is 2.31. The molecule has 7 heteroatoms. The van der Waals surface area contributed by atoms with Gasteiger partial charge in [0.15, 0.2) is 5.17 Å². The van der Waals surface area contributed by atoms with Crippen molar-refractivity contribution < 1.29 is 9.59 Å². The Hall–Kier alpha value is -2.31. The molecule has 1 heterocycles.